The number of halogens is 1. The number of carbonyl (C=O) groups is 2. The Morgan fingerprint density at radius 1 is 1.50 bits per heavy atom. The van der Waals surface area contributed by atoms with Crippen molar-refractivity contribution in [1.82, 2.24) is 5.32 Å². The molecule has 0 aliphatic carbocycles. The molecule has 74 valence electrons. The van der Waals surface area contributed by atoms with Crippen molar-refractivity contribution >= 4 is 24.0 Å². The number of nitrogens with one attached hydrogen (secondary N) is 1. The van der Waals surface area contributed by atoms with Crippen molar-refractivity contribution in [2.24, 2.45) is 0 Å². The van der Waals surface area contributed by atoms with Gasteiger partial charge in [0.15, 0.2) is 6.04 Å². The third-order valence-electron chi connectivity index (χ3n) is 1.70. The van der Waals surface area contributed by atoms with Crippen LogP contribution < -0.4 is 5.32 Å². The van der Waals surface area contributed by atoms with Gasteiger partial charge in [0.25, 0.3) is 0 Å². The van der Waals surface area contributed by atoms with Crippen molar-refractivity contribution in [2.75, 3.05) is 0 Å². The SMILES string of the molecule is O=CN[C@@H](C(=O)O)c1ccccc1Cl. The number of amides is 1. The van der Waals surface area contributed by atoms with Crippen molar-refractivity contribution in [2.45, 2.75) is 6.04 Å². The van der Waals surface area contributed by atoms with Crippen LogP contribution in [0.25, 0.3) is 0 Å². The molecule has 0 saturated heterocycles. The van der Waals surface area contributed by atoms with E-state index in [0.717, 1.165) is 0 Å². The fourth-order valence-electron chi connectivity index (χ4n) is 1.07. The predicted molar refractivity (Wildman–Crippen MR) is 51.0 cm³/mol. The number of rotatable bonds is 4. The number of hydrogen-bond donors (Lipinski definition) is 2. The molecule has 2 N–H and O–H groups in total. The number of carboxylic acids is 1. The molecule has 0 aliphatic heterocycles. The van der Waals surface area contributed by atoms with Gasteiger partial charge in [-0.3, -0.25) is 4.79 Å². The van der Waals surface area contributed by atoms with Gasteiger partial charge in [-0.25, -0.2) is 4.79 Å². The fraction of sp³-hybridized carbons (Fsp3) is 0.111. The average Bonchev–Trinajstić information content (AvgIpc) is 2.15. The molecule has 0 aromatic heterocycles. The number of aliphatic carboxylic acids is 1. The first-order valence-electron chi connectivity index (χ1n) is 3.83. The first-order valence-corrected chi connectivity index (χ1v) is 4.21. The van der Waals surface area contributed by atoms with Crippen LogP contribution in [0, 0.1) is 0 Å². The van der Waals surface area contributed by atoms with Crippen LogP contribution in [0.4, 0.5) is 0 Å². The van der Waals surface area contributed by atoms with Gasteiger partial charge in [0.05, 0.1) is 0 Å². The second-order valence-corrected chi connectivity index (χ2v) is 2.98. The normalized spacial score (nSPS) is 11.8. The molecule has 0 spiro atoms. The summed E-state index contributed by atoms with van der Waals surface area (Å²) < 4.78 is 0. The molecule has 0 saturated carbocycles. The summed E-state index contributed by atoms with van der Waals surface area (Å²) in [6.07, 6.45) is 0.335. The third kappa shape index (κ3) is 2.23. The molecular formula is C9H8ClNO3. The Labute approximate surface area is 85.5 Å². The van der Waals surface area contributed by atoms with Crippen LogP contribution in [0.3, 0.4) is 0 Å². The van der Waals surface area contributed by atoms with E-state index in [0.29, 0.717) is 17.0 Å². The Balaban J connectivity index is 3.04. The van der Waals surface area contributed by atoms with E-state index in [1.54, 1.807) is 24.3 Å². The smallest absolute Gasteiger partial charge is 0.330 e. The number of hydrogen-bond acceptors (Lipinski definition) is 2. The van der Waals surface area contributed by atoms with Crippen molar-refractivity contribution < 1.29 is 14.7 Å². The van der Waals surface area contributed by atoms with Crippen molar-refractivity contribution in [3.63, 3.8) is 0 Å². The van der Waals surface area contributed by atoms with Gasteiger partial charge in [-0.1, -0.05) is 29.8 Å². The van der Waals surface area contributed by atoms with Crippen LogP contribution >= 0.6 is 11.6 Å². The Morgan fingerprint density at radius 2 is 2.14 bits per heavy atom. The van der Waals surface area contributed by atoms with Gasteiger partial charge in [-0.2, -0.15) is 0 Å². The topological polar surface area (TPSA) is 66.4 Å². The minimum absolute atomic E-state index is 0.314. The number of carboxylic acid groups (broad SMARTS) is 1. The van der Waals surface area contributed by atoms with E-state index in [-0.39, 0.29) is 0 Å². The molecule has 0 fully saturated rings. The Morgan fingerprint density at radius 3 is 2.64 bits per heavy atom. The van der Waals surface area contributed by atoms with Gasteiger partial charge < -0.3 is 10.4 Å². The lowest BCUT2D eigenvalue weighted by Crippen LogP contribution is -2.27. The summed E-state index contributed by atoms with van der Waals surface area (Å²) in [5.41, 5.74) is 0.369. The maximum atomic E-state index is 10.8. The van der Waals surface area contributed by atoms with Crippen LogP contribution in [-0.2, 0) is 9.59 Å². The zero-order valence-corrected chi connectivity index (χ0v) is 7.86. The molecule has 0 bridgehead atoms. The van der Waals surface area contributed by atoms with E-state index >= 15 is 0 Å². The van der Waals surface area contributed by atoms with E-state index in [1.165, 1.54) is 0 Å². The highest BCUT2D eigenvalue weighted by atomic mass is 35.5. The molecule has 0 heterocycles. The molecule has 1 amide bonds. The lowest BCUT2D eigenvalue weighted by molar-refractivity contribution is -0.140. The first-order chi connectivity index (χ1) is 6.66. The number of carbonyl (C=O) groups excluding carboxylic acids is 1. The standard InChI is InChI=1S/C9H8ClNO3/c10-7-4-2-1-3-6(7)8(9(13)14)11-5-12/h1-5,8H,(H,11,12)(H,13,14)/t8-/m1/s1. The van der Waals surface area contributed by atoms with Gasteiger partial charge >= 0.3 is 5.97 Å². The maximum Gasteiger partial charge on any atom is 0.330 e. The molecule has 1 atom stereocenters. The second kappa shape index (κ2) is 4.62. The highest BCUT2D eigenvalue weighted by Gasteiger charge is 2.20. The summed E-state index contributed by atoms with van der Waals surface area (Å²) in [6.45, 7) is 0. The second-order valence-electron chi connectivity index (χ2n) is 2.58. The van der Waals surface area contributed by atoms with E-state index in [2.05, 4.69) is 5.32 Å². The Kier molecular flexibility index (Phi) is 3.48. The monoisotopic (exact) mass is 213 g/mol. The summed E-state index contributed by atoms with van der Waals surface area (Å²) in [5, 5.41) is 11.3. The maximum absolute atomic E-state index is 10.8. The zero-order chi connectivity index (χ0) is 10.6. The van der Waals surface area contributed by atoms with Gasteiger partial charge in [0.2, 0.25) is 6.41 Å². The average molecular weight is 214 g/mol. The first kappa shape index (κ1) is 10.5. The molecule has 1 aromatic carbocycles. The van der Waals surface area contributed by atoms with E-state index in [1.807, 2.05) is 0 Å². The van der Waals surface area contributed by atoms with E-state index in [9.17, 15) is 9.59 Å². The highest BCUT2D eigenvalue weighted by molar-refractivity contribution is 6.31. The van der Waals surface area contributed by atoms with Crippen LogP contribution in [0.15, 0.2) is 24.3 Å². The minimum atomic E-state index is -1.15. The highest BCUT2D eigenvalue weighted by Crippen LogP contribution is 2.22. The van der Waals surface area contributed by atoms with Gasteiger partial charge in [0.1, 0.15) is 0 Å². The lowest BCUT2D eigenvalue weighted by Gasteiger charge is -2.12. The van der Waals surface area contributed by atoms with Crippen molar-refractivity contribution in [3.05, 3.63) is 34.9 Å². The van der Waals surface area contributed by atoms with E-state index < -0.39 is 12.0 Å². The largest absolute Gasteiger partial charge is 0.479 e. The van der Waals surface area contributed by atoms with Crippen LogP contribution in [-0.4, -0.2) is 17.5 Å². The van der Waals surface area contributed by atoms with Gasteiger partial charge in [0, 0.05) is 10.6 Å². The number of benzene rings is 1. The molecule has 5 heteroatoms. The zero-order valence-electron chi connectivity index (χ0n) is 7.11. The molecule has 1 rings (SSSR count). The molecular weight excluding hydrogens is 206 g/mol. The summed E-state index contributed by atoms with van der Waals surface area (Å²) in [7, 11) is 0. The predicted octanol–water partition coefficient (Wildman–Crippen LogP) is 1.21. The minimum Gasteiger partial charge on any atom is -0.479 e. The molecule has 0 radical (unpaired) electrons. The van der Waals surface area contributed by atoms with Crippen LogP contribution in [0.1, 0.15) is 11.6 Å². The summed E-state index contributed by atoms with van der Waals surface area (Å²) in [4.78, 5) is 20.9. The third-order valence-corrected chi connectivity index (χ3v) is 2.04. The molecule has 14 heavy (non-hydrogen) atoms. The molecule has 0 unspecified atom stereocenters. The summed E-state index contributed by atoms with van der Waals surface area (Å²) in [5.74, 6) is -1.15. The molecule has 0 aliphatic rings. The summed E-state index contributed by atoms with van der Waals surface area (Å²) in [6, 6.07) is 5.37. The van der Waals surface area contributed by atoms with Gasteiger partial charge in [-0.05, 0) is 6.07 Å². The quantitative estimate of drug-likeness (QED) is 0.739. The van der Waals surface area contributed by atoms with E-state index in [4.69, 9.17) is 16.7 Å². The van der Waals surface area contributed by atoms with Crippen LogP contribution in [0.5, 0.6) is 0 Å². The van der Waals surface area contributed by atoms with Crippen molar-refractivity contribution in [1.29, 1.82) is 0 Å². The Hall–Kier alpha value is -1.55. The fourth-order valence-corrected chi connectivity index (χ4v) is 1.32. The Bertz CT molecular complexity index is 354. The van der Waals surface area contributed by atoms with Gasteiger partial charge in [-0.15, -0.1) is 0 Å². The molecule has 4 nitrogen and oxygen atoms in total. The lowest BCUT2D eigenvalue weighted by atomic mass is 10.1. The van der Waals surface area contributed by atoms with Crippen molar-refractivity contribution in [3.8, 4) is 0 Å². The molecule has 1 aromatic rings. The van der Waals surface area contributed by atoms with Crippen LogP contribution in [0.2, 0.25) is 5.02 Å². The summed E-state index contributed by atoms with van der Waals surface area (Å²) >= 11 is 5.78.